The number of nitrogens with one attached hydrogen (secondary N) is 1. The normalized spacial score (nSPS) is 16.9. The molecule has 0 radical (unpaired) electrons. The summed E-state index contributed by atoms with van der Waals surface area (Å²) in [5, 5.41) is 11.6. The van der Waals surface area contributed by atoms with Crippen LogP contribution in [0, 0.1) is 6.92 Å². The standard InChI is InChI=1S/C11H14N2O4/c1-7-9(11(15)16)4-8(17-7)5-13-3-2-12-10(14)6-13/h4H,2-3,5-6H2,1H3,(H,12,14)(H,15,16). The van der Waals surface area contributed by atoms with Crippen molar-refractivity contribution in [2.45, 2.75) is 13.5 Å². The van der Waals surface area contributed by atoms with E-state index in [1.54, 1.807) is 6.92 Å². The molecule has 1 fully saturated rings. The van der Waals surface area contributed by atoms with Gasteiger partial charge in [0.05, 0.1) is 13.1 Å². The van der Waals surface area contributed by atoms with Crippen molar-refractivity contribution in [3.63, 3.8) is 0 Å². The molecule has 0 aromatic carbocycles. The van der Waals surface area contributed by atoms with Crippen molar-refractivity contribution in [3.8, 4) is 0 Å². The highest BCUT2D eigenvalue weighted by atomic mass is 16.4. The average molecular weight is 238 g/mol. The second kappa shape index (κ2) is 4.58. The quantitative estimate of drug-likeness (QED) is 0.787. The number of carboxylic acid groups (broad SMARTS) is 1. The number of piperazine rings is 1. The fraction of sp³-hybridized carbons (Fsp3) is 0.455. The lowest BCUT2D eigenvalue weighted by Gasteiger charge is -2.25. The van der Waals surface area contributed by atoms with Gasteiger partial charge >= 0.3 is 5.97 Å². The first-order valence-electron chi connectivity index (χ1n) is 5.38. The Morgan fingerprint density at radius 2 is 2.41 bits per heavy atom. The van der Waals surface area contributed by atoms with Crippen molar-refractivity contribution < 1.29 is 19.1 Å². The van der Waals surface area contributed by atoms with E-state index >= 15 is 0 Å². The van der Waals surface area contributed by atoms with Gasteiger partial charge in [-0.1, -0.05) is 0 Å². The topological polar surface area (TPSA) is 82.8 Å². The second-order valence-corrected chi connectivity index (χ2v) is 4.05. The van der Waals surface area contributed by atoms with E-state index < -0.39 is 5.97 Å². The summed E-state index contributed by atoms with van der Waals surface area (Å²) in [7, 11) is 0. The molecule has 0 bridgehead atoms. The van der Waals surface area contributed by atoms with E-state index in [1.807, 2.05) is 4.90 Å². The number of amides is 1. The summed E-state index contributed by atoms with van der Waals surface area (Å²) in [5.41, 5.74) is 0.182. The van der Waals surface area contributed by atoms with E-state index in [4.69, 9.17) is 9.52 Å². The molecule has 1 aliphatic rings. The molecule has 1 aromatic heterocycles. The molecule has 92 valence electrons. The highest BCUT2D eigenvalue weighted by Gasteiger charge is 2.19. The van der Waals surface area contributed by atoms with Gasteiger partial charge < -0.3 is 14.8 Å². The minimum atomic E-state index is -0.992. The Hall–Kier alpha value is -1.82. The van der Waals surface area contributed by atoms with Crippen LogP contribution in [0.15, 0.2) is 10.5 Å². The molecule has 2 rings (SSSR count). The van der Waals surface area contributed by atoms with E-state index in [0.717, 1.165) is 6.54 Å². The fourth-order valence-corrected chi connectivity index (χ4v) is 1.88. The van der Waals surface area contributed by atoms with Crippen LogP contribution in [0.25, 0.3) is 0 Å². The number of carbonyl (C=O) groups excluding carboxylic acids is 1. The highest BCUT2D eigenvalue weighted by Crippen LogP contribution is 2.16. The van der Waals surface area contributed by atoms with Gasteiger partial charge in [-0.25, -0.2) is 4.79 Å². The van der Waals surface area contributed by atoms with Crippen molar-refractivity contribution in [1.29, 1.82) is 0 Å². The van der Waals surface area contributed by atoms with Gasteiger partial charge in [-0.2, -0.15) is 0 Å². The van der Waals surface area contributed by atoms with Crippen LogP contribution < -0.4 is 5.32 Å². The predicted octanol–water partition coefficient (Wildman–Crippen LogP) is 0.218. The molecule has 6 nitrogen and oxygen atoms in total. The number of rotatable bonds is 3. The molecule has 6 heteroatoms. The summed E-state index contributed by atoms with van der Waals surface area (Å²) in [5.74, 6) is -0.0320. The number of nitrogens with zero attached hydrogens (tertiary/aromatic N) is 1. The van der Waals surface area contributed by atoms with Crippen molar-refractivity contribution in [2.75, 3.05) is 19.6 Å². The zero-order valence-corrected chi connectivity index (χ0v) is 9.52. The molecule has 0 unspecified atom stereocenters. The Morgan fingerprint density at radius 1 is 1.65 bits per heavy atom. The van der Waals surface area contributed by atoms with Gasteiger partial charge in [-0.15, -0.1) is 0 Å². The summed E-state index contributed by atoms with van der Waals surface area (Å²) >= 11 is 0. The molecule has 1 aromatic rings. The highest BCUT2D eigenvalue weighted by molar-refractivity contribution is 5.88. The zero-order chi connectivity index (χ0) is 12.4. The Balaban J connectivity index is 2.05. The molecule has 1 aliphatic heterocycles. The molecular formula is C11H14N2O4. The molecule has 17 heavy (non-hydrogen) atoms. The first-order chi connectivity index (χ1) is 8.06. The Bertz CT molecular complexity index is 452. The minimum absolute atomic E-state index is 0.0158. The number of hydrogen-bond acceptors (Lipinski definition) is 4. The Labute approximate surface area is 98.2 Å². The Kier molecular flexibility index (Phi) is 3.14. The number of aryl methyl sites for hydroxylation is 1. The van der Waals surface area contributed by atoms with Gasteiger partial charge in [0.1, 0.15) is 17.1 Å². The summed E-state index contributed by atoms with van der Waals surface area (Å²) < 4.78 is 5.36. The maximum Gasteiger partial charge on any atom is 0.339 e. The van der Waals surface area contributed by atoms with Crippen molar-refractivity contribution in [3.05, 3.63) is 23.2 Å². The maximum absolute atomic E-state index is 11.2. The maximum atomic E-state index is 11.2. The first-order valence-corrected chi connectivity index (χ1v) is 5.38. The number of carbonyl (C=O) groups is 2. The minimum Gasteiger partial charge on any atom is -0.478 e. The largest absolute Gasteiger partial charge is 0.478 e. The van der Waals surface area contributed by atoms with Crippen LogP contribution in [-0.2, 0) is 11.3 Å². The molecular weight excluding hydrogens is 224 g/mol. The number of furan rings is 1. The van der Waals surface area contributed by atoms with Crippen LogP contribution >= 0.6 is 0 Å². The number of carboxylic acids is 1. The summed E-state index contributed by atoms with van der Waals surface area (Å²) in [4.78, 5) is 23.9. The molecule has 0 atom stereocenters. The third-order valence-corrected chi connectivity index (χ3v) is 2.70. The lowest BCUT2D eigenvalue weighted by atomic mass is 10.2. The molecule has 2 N–H and O–H groups in total. The summed E-state index contributed by atoms with van der Waals surface area (Å²) in [6.45, 7) is 3.76. The van der Waals surface area contributed by atoms with Crippen LogP contribution in [0.4, 0.5) is 0 Å². The van der Waals surface area contributed by atoms with E-state index in [-0.39, 0.29) is 11.5 Å². The van der Waals surface area contributed by atoms with E-state index in [1.165, 1.54) is 6.07 Å². The third kappa shape index (κ3) is 2.65. The van der Waals surface area contributed by atoms with Crippen LogP contribution in [0.2, 0.25) is 0 Å². The molecule has 0 aliphatic carbocycles. The van der Waals surface area contributed by atoms with Crippen molar-refractivity contribution in [1.82, 2.24) is 10.2 Å². The van der Waals surface area contributed by atoms with Gasteiger partial charge in [0.15, 0.2) is 0 Å². The fourth-order valence-electron chi connectivity index (χ4n) is 1.88. The van der Waals surface area contributed by atoms with Crippen molar-refractivity contribution >= 4 is 11.9 Å². The van der Waals surface area contributed by atoms with Gasteiger partial charge in [0, 0.05) is 13.1 Å². The van der Waals surface area contributed by atoms with Gasteiger partial charge in [-0.3, -0.25) is 9.69 Å². The first kappa shape index (κ1) is 11.7. The van der Waals surface area contributed by atoms with Gasteiger partial charge in [0.2, 0.25) is 5.91 Å². The van der Waals surface area contributed by atoms with E-state index in [0.29, 0.717) is 31.2 Å². The third-order valence-electron chi connectivity index (χ3n) is 2.70. The molecule has 0 saturated carbocycles. The van der Waals surface area contributed by atoms with Crippen LogP contribution in [0.5, 0.6) is 0 Å². The van der Waals surface area contributed by atoms with Gasteiger partial charge in [0.25, 0.3) is 0 Å². The zero-order valence-electron chi connectivity index (χ0n) is 9.52. The smallest absolute Gasteiger partial charge is 0.339 e. The summed E-state index contributed by atoms with van der Waals surface area (Å²) in [6.07, 6.45) is 0. The van der Waals surface area contributed by atoms with Crippen LogP contribution in [0.1, 0.15) is 21.9 Å². The van der Waals surface area contributed by atoms with Crippen LogP contribution in [-0.4, -0.2) is 41.5 Å². The number of aromatic carboxylic acids is 1. The summed E-state index contributed by atoms with van der Waals surface area (Å²) in [6, 6.07) is 1.52. The second-order valence-electron chi connectivity index (χ2n) is 4.05. The average Bonchev–Trinajstić information content (AvgIpc) is 2.59. The lowest BCUT2D eigenvalue weighted by Crippen LogP contribution is -2.47. The molecule has 1 saturated heterocycles. The van der Waals surface area contributed by atoms with Crippen LogP contribution in [0.3, 0.4) is 0 Å². The monoisotopic (exact) mass is 238 g/mol. The lowest BCUT2D eigenvalue weighted by molar-refractivity contribution is -0.124. The Morgan fingerprint density at radius 3 is 3.00 bits per heavy atom. The SMILES string of the molecule is Cc1oc(CN2CCNC(=O)C2)cc1C(=O)O. The molecule has 2 heterocycles. The molecule has 1 amide bonds. The van der Waals surface area contributed by atoms with E-state index in [2.05, 4.69) is 5.32 Å². The van der Waals surface area contributed by atoms with Gasteiger partial charge in [-0.05, 0) is 13.0 Å². The predicted molar refractivity (Wildman–Crippen MR) is 58.7 cm³/mol. The van der Waals surface area contributed by atoms with E-state index in [9.17, 15) is 9.59 Å². The molecule has 0 spiro atoms. The number of hydrogen-bond donors (Lipinski definition) is 2. The van der Waals surface area contributed by atoms with Crippen molar-refractivity contribution in [2.24, 2.45) is 0 Å².